The van der Waals surface area contributed by atoms with Crippen LogP contribution >= 0.6 is 11.3 Å². The molecule has 1 amide bonds. The van der Waals surface area contributed by atoms with Crippen LogP contribution in [-0.4, -0.2) is 66.0 Å². The number of hydrogen-bond acceptors (Lipinski definition) is 6. The van der Waals surface area contributed by atoms with Gasteiger partial charge in [-0.25, -0.2) is 4.98 Å². The van der Waals surface area contributed by atoms with Crippen LogP contribution in [-0.2, 0) is 11.3 Å². The van der Waals surface area contributed by atoms with Gasteiger partial charge in [0.2, 0.25) is 5.91 Å². The Hall–Kier alpha value is -1.96. The molecule has 0 radical (unpaired) electrons. The van der Waals surface area contributed by atoms with Gasteiger partial charge in [0.05, 0.1) is 17.2 Å². The first-order valence-corrected chi connectivity index (χ1v) is 11.3. The molecule has 29 heavy (non-hydrogen) atoms. The van der Waals surface area contributed by atoms with Crippen molar-refractivity contribution >= 4 is 28.6 Å². The van der Waals surface area contributed by atoms with E-state index in [4.69, 9.17) is 0 Å². The molecule has 2 heterocycles. The van der Waals surface area contributed by atoms with Crippen molar-refractivity contribution in [2.75, 3.05) is 49.5 Å². The monoisotopic (exact) mass is 415 g/mol. The lowest BCUT2D eigenvalue weighted by molar-refractivity contribution is -0.117. The number of carbonyl (C=O) groups is 1. The van der Waals surface area contributed by atoms with Crippen LogP contribution in [0, 0.1) is 6.92 Å². The fraction of sp³-hybridized carbons (Fsp3) is 0.545. The Kier molecular flexibility index (Phi) is 7.64. The molecule has 0 aliphatic carbocycles. The van der Waals surface area contributed by atoms with Gasteiger partial charge in [-0.1, -0.05) is 0 Å². The molecule has 0 bridgehead atoms. The molecule has 3 rings (SSSR count). The summed E-state index contributed by atoms with van der Waals surface area (Å²) in [5.74, 6) is 0.0533. The van der Waals surface area contributed by atoms with Crippen molar-refractivity contribution in [3.05, 3.63) is 40.3 Å². The van der Waals surface area contributed by atoms with E-state index in [1.165, 1.54) is 5.69 Å². The number of anilines is 2. The fourth-order valence-corrected chi connectivity index (χ4v) is 4.40. The highest BCUT2D eigenvalue weighted by Gasteiger charge is 2.19. The summed E-state index contributed by atoms with van der Waals surface area (Å²) >= 11 is 1.70. The zero-order valence-corrected chi connectivity index (χ0v) is 18.8. The maximum atomic E-state index is 12.5. The number of aromatic nitrogens is 1. The lowest BCUT2D eigenvalue weighted by atomic mass is 10.2. The Morgan fingerprint density at radius 1 is 1.17 bits per heavy atom. The molecular formula is C22H33N5OS. The predicted molar refractivity (Wildman–Crippen MR) is 122 cm³/mol. The molecule has 0 atom stereocenters. The summed E-state index contributed by atoms with van der Waals surface area (Å²) in [6.07, 6.45) is 0. The number of rotatable bonds is 8. The average Bonchev–Trinajstić information content (AvgIpc) is 3.09. The molecule has 7 heteroatoms. The first kappa shape index (κ1) is 21.7. The molecular weight excluding hydrogens is 382 g/mol. The van der Waals surface area contributed by atoms with Crippen LogP contribution < -0.4 is 10.2 Å². The second kappa shape index (κ2) is 10.2. The number of carbonyl (C=O) groups excluding carboxylic acids is 1. The summed E-state index contributed by atoms with van der Waals surface area (Å²) in [4.78, 5) is 24.0. The van der Waals surface area contributed by atoms with Crippen LogP contribution in [0.5, 0.6) is 0 Å². The number of aryl methyl sites for hydroxylation is 1. The highest BCUT2D eigenvalue weighted by molar-refractivity contribution is 7.09. The summed E-state index contributed by atoms with van der Waals surface area (Å²) in [6.45, 7) is 14.7. The fourth-order valence-electron chi connectivity index (χ4n) is 3.80. The van der Waals surface area contributed by atoms with Crippen molar-refractivity contribution in [3.63, 3.8) is 0 Å². The first-order valence-electron chi connectivity index (χ1n) is 10.5. The molecule has 1 aliphatic rings. The number of piperazine rings is 1. The quantitative estimate of drug-likeness (QED) is 0.716. The molecule has 158 valence electrons. The van der Waals surface area contributed by atoms with Crippen molar-refractivity contribution < 1.29 is 4.79 Å². The topological polar surface area (TPSA) is 51.7 Å². The standard InChI is InChI=1S/C22H33N5OS/c1-5-27(17(2)3)21-8-6-19(7-9-21)24-22(28)15-26-12-10-25(11-13-26)14-20-16-29-18(4)23-20/h6-9,16-17H,5,10-15H2,1-4H3,(H,24,28). The zero-order chi connectivity index (χ0) is 20.8. The third-order valence-electron chi connectivity index (χ3n) is 5.33. The van der Waals surface area contributed by atoms with Gasteiger partial charge in [-0.3, -0.25) is 14.6 Å². The molecule has 1 aliphatic heterocycles. The van der Waals surface area contributed by atoms with Crippen LogP contribution in [0.1, 0.15) is 31.5 Å². The van der Waals surface area contributed by atoms with E-state index in [0.29, 0.717) is 12.6 Å². The van der Waals surface area contributed by atoms with E-state index in [-0.39, 0.29) is 5.91 Å². The number of amides is 1. The molecule has 2 aromatic rings. The molecule has 6 nitrogen and oxygen atoms in total. The van der Waals surface area contributed by atoms with Crippen LogP contribution in [0.25, 0.3) is 0 Å². The van der Waals surface area contributed by atoms with E-state index < -0.39 is 0 Å². The van der Waals surface area contributed by atoms with E-state index in [0.717, 1.165) is 55.7 Å². The number of nitrogens with one attached hydrogen (secondary N) is 1. The van der Waals surface area contributed by atoms with E-state index in [1.807, 2.05) is 19.1 Å². The van der Waals surface area contributed by atoms with E-state index in [1.54, 1.807) is 11.3 Å². The lowest BCUT2D eigenvalue weighted by Gasteiger charge is -2.33. The SMILES string of the molecule is CCN(c1ccc(NC(=O)CN2CCN(Cc3csc(C)n3)CC2)cc1)C(C)C. The maximum absolute atomic E-state index is 12.5. The second-order valence-electron chi connectivity index (χ2n) is 7.88. The van der Waals surface area contributed by atoms with Crippen LogP contribution in [0.2, 0.25) is 0 Å². The number of hydrogen-bond donors (Lipinski definition) is 1. The third-order valence-corrected chi connectivity index (χ3v) is 6.15. The minimum atomic E-state index is 0.0533. The molecule has 0 unspecified atom stereocenters. The van der Waals surface area contributed by atoms with E-state index >= 15 is 0 Å². The average molecular weight is 416 g/mol. The molecule has 0 spiro atoms. The Morgan fingerprint density at radius 3 is 2.38 bits per heavy atom. The Labute approximate surface area is 178 Å². The number of benzene rings is 1. The predicted octanol–water partition coefficient (Wildman–Crippen LogP) is 3.44. The maximum Gasteiger partial charge on any atom is 0.238 e. The van der Waals surface area contributed by atoms with Gasteiger partial charge in [-0.05, 0) is 52.0 Å². The summed E-state index contributed by atoms with van der Waals surface area (Å²) in [7, 11) is 0. The molecule has 1 fully saturated rings. The zero-order valence-electron chi connectivity index (χ0n) is 18.0. The number of nitrogens with zero attached hydrogens (tertiary/aromatic N) is 4. The highest BCUT2D eigenvalue weighted by Crippen LogP contribution is 2.20. The number of thiazole rings is 1. The molecule has 1 aromatic carbocycles. The molecule has 1 N–H and O–H groups in total. The van der Waals surface area contributed by atoms with Crippen LogP contribution in [0.15, 0.2) is 29.6 Å². The Morgan fingerprint density at radius 2 is 1.83 bits per heavy atom. The van der Waals surface area contributed by atoms with E-state index in [2.05, 4.69) is 63.3 Å². The Bertz CT molecular complexity index is 781. The third kappa shape index (κ3) is 6.26. The Balaban J connectivity index is 1.43. The highest BCUT2D eigenvalue weighted by atomic mass is 32.1. The van der Waals surface area contributed by atoms with E-state index in [9.17, 15) is 4.79 Å². The van der Waals surface area contributed by atoms with Crippen molar-refractivity contribution in [2.45, 2.75) is 40.3 Å². The largest absolute Gasteiger partial charge is 0.369 e. The summed E-state index contributed by atoms with van der Waals surface area (Å²) in [6, 6.07) is 8.60. The van der Waals surface area contributed by atoms with Crippen molar-refractivity contribution in [3.8, 4) is 0 Å². The van der Waals surface area contributed by atoms with Crippen molar-refractivity contribution in [1.82, 2.24) is 14.8 Å². The summed E-state index contributed by atoms with van der Waals surface area (Å²) < 4.78 is 0. The summed E-state index contributed by atoms with van der Waals surface area (Å²) in [5.41, 5.74) is 3.20. The van der Waals surface area contributed by atoms with Gasteiger partial charge in [-0.2, -0.15) is 0 Å². The van der Waals surface area contributed by atoms with Gasteiger partial charge in [0.25, 0.3) is 0 Å². The first-order chi connectivity index (χ1) is 13.9. The smallest absolute Gasteiger partial charge is 0.238 e. The molecule has 1 saturated heterocycles. The minimum Gasteiger partial charge on any atom is -0.369 e. The minimum absolute atomic E-state index is 0.0533. The molecule has 0 saturated carbocycles. The van der Waals surface area contributed by atoms with Gasteiger partial charge in [-0.15, -0.1) is 11.3 Å². The van der Waals surface area contributed by atoms with Gasteiger partial charge < -0.3 is 10.2 Å². The van der Waals surface area contributed by atoms with Gasteiger partial charge in [0.1, 0.15) is 0 Å². The normalized spacial score (nSPS) is 15.6. The summed E-state index contributed by atoms with van der Waals surface area (Å²) in [5, 5.41) is 6.30. The van der Waals surface area contributed by atoms with Crippen molar-refractivity contribution in [2.24, 2.45) is 0 Å². The second-order valence-corrected chi connectivity index (χ2v) is 8.95. The van der Waals surface area contributed by atoms with Crippen molar-refractivity contribution in [1.29, 1.82) is 0 Å². The van der Waals surface area contributed by atoms with Gasteiger partial charge in [0, 0.05) is 62.1 Å². The van der Waals surface area contributed by atoms with Crippen LogP contribution in [0.4, 0.5) is 11.4 Å². The van der Waals surface area contributed by atoms with Gasteiger partial charge >= 0.3 is 0 Å². The molecule has 1 aromatic heterocycles. The lowest BCUT2D eigenvalue weighted by Crippen LogP contribution is -2.48. The van der Waals surface area contributed by atoms with Gasteiger partial charge in [0.15, 0.2) is 0 Å². The van der Waals surface area contributed by atoms with Crippen LogP contribution in [0.3, 0.4) is 0 Å².